The Hall–Kier alpha value is -3.40. The number of anilines is 2. The summed E-state index contributed by atoms with van der Waals surface area (Å²) in [6.07, 6.45) is 0. The zero-order valence-electron chi connectivity index (χ0n) is 13.9. The first kappa shape index (κ1) is 18.9. The third kappa shape index (κ3) is 3.98. The van der Waals surface area contributed by atoms with Crippen molar-refractivity contribution in [1.29, 1.82) is 0 Å². The summed E-state index contributed by atoms with van der Waals surface area (Å²) in [5.74, 6) is -1.95. The average Bonchev–Trinajstić information content (AvgIpc) is 2.62. The Bertz CT molecular complexity index is 946. The smallest absolute Gasteiger partial charge is 0.340 e. The molecule has 2 rings (SSSR count). The van der Waals surface area contributed by atoms with Crippen molar-refractivity contribution in [1.82, 2.24) is 9.55 Å². The SMILES string of the molecule is Cn1c(N)c(C(=O)COC(=O)c2ccccc2NCCO)c(=O)[nH]c1=O. The van der Waals surface area contributed by atoms with E-state index in [0.29, 0.717) is 5.69 Å². The topological polar surface area (TPSA) is 157 Å². The van der Waals surface area contributed by atoms with E-state index in [4.69, 9.17) is 15.6 Å². The number of carbonyl (C=O) groups is 2. The van der Waals surface area contributed by atoms with Gasteiger partial charge in [-0.3, -0.25) is 19.1 Å². The number of rotatable bonds is 7. The third-order valence-electron chi connectivity index (χ3n) is 3.56. The van der Waals surface area contributed by atoms with Crippen molar-refractivity contribution in [2.45, 2.75) is 0 Å². The summed E-state index contributed by atoms with van der Waals surface area (Å²) in [4.78, 5) is 49.6. The van der Waals surface area contributed by atoms with Crippen LogP contribution in [0.3, 0.4) is 0 Å². The van der Waals surface area contributed by atoms with E-state index < -0.39 is 35.2 Å². The number of ether oxygens (including phenoxy) is 1. The largest absolute Gasteiger partial charge is 0.454 e. The maximum atomic E-state index is 12.2. The van der Waals surface area contributed by atoms with Gasteiger partial charge in [0.2, 0.25) is 5.78 Å². The van der Waals surface area contributed by atoms with Crippen LogP contribution in [0.1, 0.15) is 20.7 Å². The summed E-state index contributed by atoms with van der Waals surface area (Å²) in [6.45, 7) is -0.623. The molecule has 0 spiro atoms. The Morgan fingerprint density at radius 1 is 1.31 bits per heavy atom. The Morgan fingerprint density at radius 3 is 2.69 bits per heavy atom. The Balaban J connectivity index is 2.16. The lowest BCUT2D eigenvalue weighted by Crippen LogP contribution is -2.35. The maximum Gasteiger partial charge on any atom is 0.340 e. The van der Waals surface area contributed by atoms with Crippen molar-refractivity contribution < 1.29 is 19.4 Å². The van der Waals surface area contributed by atoms with Crippen molar-refractivity contribution in [3.05, 3.63) is 56.2 Å². The van der Waals surface area contributed by atoms with Crippen LogP contribution < -0.4 is 22.3 Å². The number of benzene rings is 1. The number of nitrogens with two attached hydrogens (primary N) is 1. The Labute approximate surface area is 147 Å². The number of esters is 1. The third-order valence-corrected chi connectivity index (χ3v) is 3.56. The van der Waals surface area contributed by atoms with Crippen molar-refractivity contribution in [3.8, 4) is 0 Å². The molecular formula is C16H18N4O6. The van der Waals surface area contributed by atoms with E-state index in [-0.39, 0.29) is 24.5 Å². The zero-order chi connectivity index (χ0) is 19.3. The number of ketones is 1. The minimum absolute atomic E-state index is 0.128. The molecule has 1 heterocycles. The highest BCUT2D eigenvalue weighted by Gasteiger charge is 2.20. The molecule has 0 atom stereocenters. The number of carbonyl (C=O) groups excluding carboxylic acids is 2. The average molecular weight is 362 g/mol. The summed E-state index contributed by atoms with van der Waals surface area (Å²) in [7, 11) is 1.29. The van der Waals surface area contributed by atoms with Crippen LogP contribution in [0.15, 0.2) is 33.9 Å². The van der Waals surface area contributed by atoms with Gasteiger partial charge in [0.25, 0.3) is 5.56 Å². The van der Waals surface area contributed by atoms with Gasteiger partial charge in [-0.2, -0.15) is 0 Å². The molecule has 1 aromatic carbocycles. The quantitative estimate of drug-likeness (QED) is 0.365. The van der Waals surface area contributed by atoms with Crippen LogP contribution in [-0.2, 0) is 11.8 Å². The predicted octanol–water partition coefficient (Wildman–Crippen LogP) is -0.900. The molecule has 2 aromatic rings. The molecular weight excluding hydrogens is 344 g/mol. The monoisotopic (exact) mass is 362 g/mol. The molecule has 5 N–H and O–H groups in total. The number of Topliss-reactive ketones (excluding diaryl/α,β-unsaturated/α-hetero) is 1. The van der Waals surface area contributed by atoms with E-state index >= 15 is 0 Å². The molecule has 0 saturated heterocycles. The molecule has 138 valence electrons. The van der Waals surface area contributed by atoms with Crippen LogP contribution in [0.4, 0.5) is 11.5 Å². The number of aromatic amines is 1. The van der Waals surface area contributed by atoms with Crippen LogP contribution >= 0.6 is 0 Å². The van der Waals surface area contributed by atoms with Gasteiger partial charge in [0.1, 0.15) is 11.4 Å². The van der Waals surface area contributed by atoms with Gasteiger partial charge in [-0.15, -0.1) is 0 Å². The molecule has 0 unspecified atom stereocenters. The van der Waals surface area contributed by atoms with Crippen molar-refractivity contribution in [2.24, 2.45) is 7.05 Å². The fourth-order valence-corrected chi connectivity index (χ4v) is 2.19. The molecule has 26 heavy (non-hydrogen) atoms. The molecule has 0 saturated carbocycles. The van der Waals surface area contributed by atoms with Crippen molar-refractivity contribution >= 4 is 23.3 Å². The Kier molecular flexibility index (Phi) is 5.91. The second kappa shape index (κ2) is 8.12. The van der Waals surface area contributed by atoms with E-state index in [0.717, 1.165) is 4.57 Å². The van der Waals surface area contributed by atoms with Gasteiger partial charge >= 0.3 is 11.7 Å². The van der Waals surface area contributed by atoms with Gasteiger partial charge in [-0.1, -0.05) is 12.1 Å². The van der Waals surface area contributed by atoms with Crippen LogP contribution in [0.25, 0.3) is 0 Å². The van der Waals surface area contributed by atoms with Crippen LogP contribution in [0.2, 0.25) is 0 Å². The van der Waals surface area contributed by atoms with Gasteiger partial charge in [0.05, 0.1) is 12.2 Å². The van der Waals surface area contributed by atoms with Crippen molar-refractivity contribution in [3.63, 3.8) is 0 Å². The summed E-state index contributed by atoms with van der Waals surface area (Å²) in [5.41, 5.74) is 4.06. The highest BCUT2D eigenvalue weighted by atomic mass is 16.5. The standard InChI is InChI=1S/C16H18N4O6/c1-20-13(17)12(14(23)19-16(20)25)11(22)8-26-15(24)9-4-2-3-5-10(9)18-6-7-21/h2-5,18,21H,6-8,17H2,1H3,(H,19,23,25). The molecule has 0 fully saturated rings. The lowest BCUT2D eigenvalue weighted by Gasteiger charge is -2.11. The maximum absolute atomic E-state index is 12.2. The number of aliphatic hydroxyl groups is 1. The van der Waals surface area contributed by atoms with Gasteiger partial charge in [0, 0.05) is 19.3 Å². The highest BCUT2D eigenvalue weighted by Crippen LogP contribution is 2.16. The number of nitrogens with zero attached hydrogens (tertiary/aromatic N) is 1. The lowest BCUT2D eigenvalue weighted by molar-refractivity contribution is 0.0475. The molecule has 0 radical (unpaired) electrons. The van der Waals surface area contributed by atoms with Crippen LogP contribution in [0.5, 0.6) is 0 Å². The number of para-hydroxylation sites is 1. The predicted molar refractivity (Wildman–Crippen MR) is 93.3 cm³/mol. The second-order valence-electron chi connectivity index (χ2n) is 5.27. The summed E-state index contributed by atoms with van der Waals surface area (Å²) >= 11 is 0. The second-order valence-corrected chi connectivity index (χ2v) is 5.27. The van der Waals surface area contributed by atoms with Gasteiger partial charge in [-0.05, 0) is 12.1 Å². The number of nitrogen functional groups attached to an aromatic ring is 1. The first-order valence-electron chi connectivity index (χ1n) is 7.59. The molecule has 10 heteroatoms. The zero-order valence-corrected chi connectivity index (χ0v) is 13.9. The van der Waals surface area contributed by atoms with E-state index in [9.17, 15) is 19.2 Å². The Morgan fingerprint density at radius 2 is 2.00 bits per heavy atom. The molecule has 0 aliphatic heterocycles. The van der Waals surface area contributed by atoms with Crippen LogP contribution in [-0.4, -0.2) is 46.2 Å². The van der Waals surface area contributed by atoms with E-state index in [2.05, 4.69) is 5.32 Å². The molecule has 0 aliphatic carbocycles. The number of aliphatic hydroxyl groups excluding tert-OH is 1. The molecule has 0 aliphatic rings. The first-order chi connectivity index (χ1) is 12.4. The fourth-order valence-electron chi connectivity index (χ4n) is 2.19. The van der Waals surface area contributed by atoms with Crippen molar-refractivity contribution in [2.75, 3.05) is 30.8 Å². The summed E-state index contributed by atoms with van der Waals surface area (Å²) < 4.78 is 5.87. The van der Waals surface area contributed by atoms with E-state index in [1.807, 2.05) is 4.98 Å². The van der Waals surface area contributed by atoms with E-state index in [1.165, 1.54) is 13.1 Å². The minimum atomic E-state index is -0.948. The number of aromatic nitrogens is 2. The summed E-state index contributed by atoms with van der Waals surface area (Å²) in [6, 6.07) is 6.40. The number of H-pyrrole nitrogens is 1. The molecule has 1 aromatic heterocycles. The van der Waals surface area contributed by atoms with Gasteiger partial charge in [-0.25, -0.2) is 9.59 Å². The number of nitrogens with one attached hydrogen (secondary N) is 2. The fraction of sp³-hybridized carbons (Fsp3) is 0.250. The lowest BCUT2D eigenvalue weighted by atomic mass is 10.1. The van der Waals surface area contributed by atoms with Gasteiger partial charge in [0.15, 0.2) is 6.61 Å². The molecule has 0 bridgehead atoms. The molecule has 10 nitrogen and oxygen atoms in total. The minimum Gasteiger partial charge on any atom is -0.454 e. The molecule has 0 amide bonds. The first-order valence-corrected chi connectivity index (χ1v) is 7.59. The van der Waals surface area contributed by atoms with E-state index in [1.54, 1.807) is 18.2 Å². The number of hydrogen-bond donors (Lipinski definition) is 4. The van der Waals surface area contributed by atoms with Crippen LogP contribution in [0, 0.1) is 0 Å². The summed E-state index contributed by atoms with van der Waals surface area (Å²) in [5, 5.41) is 11.7. The highest BCUT2D eigenvalue weighted by molar-refractivity contribution is 6.03. The van der Waals surface area contributed by atoms with Gasteiger partial charge < -0.3 is 20.9 Å². The normalized spacial score (nSPS) is 10.4. The number of hydrogen-bond acceptors (Lipinski definition) is 8.